The zero-order valence-electron chi connectivity index (χ0n) is 15.9. The molecule has 1 amide bonds. The Morgan fingerprint density at radius 1 is 1.14 bits per heavy atom. The number of nitrogens with one attached hydrogen (secondary N) is 2. The highest BCUT2D eigenvalue weighted by Crippen LogP contribution is 2.31. The van der Waals surface area contributed by atoms with Gasteiger partial charge >= 0.3 is 5.97 Å². The summed E-state index contributed by atoms with van der Waals surface area (Å²) in [7, 11) is 3.15. The standard InChI is InChI=1S/C21H21N3O4/c1-4-28-21(26)17-12-23-18-9-8-13(20(25)22-2)10-16(18)19(17)24-14-6-5-7-15(11-14)27-3/h5-12H,4H2,1-3H3,(H,22,25)(H,23,24). The summed E-state index contributed by atoms with van der Waals surface area (Å²) in [5.74, 6) is -0.0458. The molecule has 7 heteroatoms. The van der Waals surface area contributed by atoms with Gasteiger partial charge < -0.3 is 20.1 Å². The molecule has 0 atom stereocenters. The van der Waals surface area contributed by atoms with Gasteiger partial charge in [-0.3, -0.25) is 9.78 Å². The number of benzene rings is 2. The Morgan fingerprint density at radius 3 is 2.68 bits per heavy atom. The van der Waals surface area contributed by atoms with E-state index in [2.05, 4.69) is 15.6 Å². The van der Waals surface area contributed by atoms with Crippen molar-refractivity contribution in [1.82, 2.24) is 10.3 Å². The van der Waals surface area contributed by atoms with Crippen molar-refractivity contribution >= 4 is 34.2 Å². The molecule has 0 aliphatic heterocycles. The van der Waals surface area contributed by atoms with Gasteiger partial charge in [0.05, 0.1) is 24.9 Å². The van der Waals surface area contributed by atoms with Crippen LogP contribution in [0.5, 0.6) is 5.75 Å². The molecule has 0 aliphatic rings. The summed E-state index contributed by atoms with van der Waals surface area (Å²) >= 11 is 0. The topological polar surface area (TPSA) is 89.5 Å². The molecule has 144 valence electrons. The minimum atomic E-state index is -0.493. The molecule has 1 aromatic heterocycles. The fourth-order valence-corrected chi connectivity index (χ4v) is 2.82. The van der Waals surface area contributed by atoms with Crippen molar-refractivity contribution in [2.24, 2.45) is 0 Å². The summed E-state index contributed by atoms with van der Waals surface area (Å²) in [4.78, 5) is 28.9. The average Bonchev–Trinajstić information content (AvgIpc) is 2.73. The number of carbonyl (C=O) groups is 2. The largest absolute Gasteiger partial charge is 0.497 e. The zero-order valence-corrected chi connectivity index (χ0v) is 15.9. The molecule has 2 N–H and O–H groups in total. The van der Waals surface area contributed by atoms with Gasteiger partial charge in [-0.1, -0.05) is 6.07 Å². The molecule has 0 radical (unpaired) electrons. The predicted octanol–water partition coefficient (Wildman–Crippen LogP) is 3.52. The van der Waals surface area contributed by atoms with Crippen molar-refractivity contribution in [3.05, 3.63) is 59.8 Å². The molecule has 3 rings (SSSR count). The van der Waals surface area contributed by atoms with Crippen LogP contribution in [-0.2, 0) is 4.74 Å². The molecule has 0 fully saturated rings. The molecule has 0 spiro atoms. The normalized spacial score (nSPS) is 10.4. The van der Waals surface area contributed by atoms with Gasteiger partial charge in [0.1, 0.15) is 11.3 Å². The molecule has 28 heavy (non-hydrogen) atoms. The van der Waals surface area contributed by atoms with Crippen LogP contribution in [0.1, 0.15) is 27.6 Å². The Kier molecular flexibility index (Phi) is 5.74. The first kappa shape index (κ1) is 19.2. The lowest BCUT2D eigenvalue weighted by molar-refractivity contribution is 0.0527. The summed E-state index contributed by atoms with van der Waals surface area (Å²) in [6.45, 7) is 1.99. The highest BCUT2D eigenvalue weighted by Gasteiger charge is 2.18. The Morgan fingerprint density at radius 2 is 1.96 bits per heavy atom. The van der Waals surface area contributed by atoms with E-state index in [0.717, 1.165) is 5.69 Å². The fourth-order valence-electron chi connectivity index (χ4n) is 2.82. The lowest BCUT2D eigenvalue weighted by atomic mass is 10.1. The molecule has 0 saturated heterocycles. The van der Waals surface area contributed by atoms with E-state index in [1.54, 1.807) is 39.3 Å². The SMILES string of the molecule is CCOC(=O)c1cnc2ccc(C(=O)NC)cc2c1Nc1cccc(OC)c1. The Balaban J connectivity index is 2.19. The van der Waals surface area contributed by atoms with Crippen LogP contribution in [0.2, 0.25) is 0 Å². The molecule has 2 aromatic carbocycles. The first-order chi connectivity index (χ1) is 13.6. The van der Waals surface area contributed by atoms with Crippen LogP contribution in [0.4, 0.5) is 11.4 Å². The number of ether oxygens (including phenoxy) is 2. The molecular weight excluding hydrogens is 358 g/mol. The van der Waals surface area contributed by atoms with E-state index in [1.807, 2.05) is 24.3 Å². The van der Waals surface area contributed by atoms with Crippen LogP contribution in [0.25, 0.3) is 10.9 Å². The number of fused-ring (bicyclic) bond motifs is 1. The summed E-state index contributed by atoms with van der Waals surface area (Å²) in [6.07, 6.45) is 1.47. The van der Waals surface area contributed by atoms with Crippen molar-refractivity contribution in [2.45, 2.75) is 6.92 Å². The maximum atomic E-state index is 12.5. The number of esters is 1. The quantitative estimate of drug-likeness (QED) is 0.637. The summed E-state index contributed by atoms with van der Waals surface area (Å²) in [5, 5.41) is 6.49. The lowest BCUT2D eigenvalue weighted by Crippen LogP contribution is -2.17. The second-order valence-electron chi connectivity index (χ2n) is 5.94. The van der Waals surface area contributed by atoms with Gasteiger partial charge in [0.2, 0.25) is 0 Å². The molecule has 7 nitrogen and oxygen atoms in total. The van der Waals surface area contributed by atoms with Crippen LogP contribution >= 0.6 is 0 Å². The third-order valence-electron chi connectivity index (χ3n) is 4.19. The average molecular weight is 379 g/mol. The maximum Gasteiger partial charge on any atom is 0.341 e. The van der Waals surface area contributed by atoms with E-state index >= 15 is 0 Å². The van der Waals surface area contributed by atoms with Crippen molar-refractivity contribution in [3.8, 4) is 5.75 Å². The number of hydrogen-bond donors (Lipinski definition) is 2. The summed E-state index contributed by atoms with van der Waals surface area (Å²) in [6, 6.07) is 12.5. The molecular formula is C21H21N3O4. The fraction of sp³-hybridized carbons (Fsp3) is 0.190. The molecule has 0 unspecified atom stereocenters. The van der Waals surface area contributed by atoms with E-state index in [0.29, 0.717) is 27.9 Å². The number of pyridine rings is 1. The van der Waals surface area contributed by atoms with E-state index in [9.17, 15) is 9.59 Å². The van der Waals surface area contributed by atoms with Crippen molar-refractivity contribution < 1.29 is 19.1 Å². The van der Waals surface area contributed by atoms with Gasteiger partial charge in [0.25, 0.3) is 5.91 Å². The monoisotopic (exact) mass is 379 g/mol. The van der Waals surface area contributed by atoms with Crippen LogP contribution < -0.4 is 15.4 Å². The first-order valence-corrected chi connectivity index (χ1v) is 8.80. The van der Waals surface area contributed by atoms with Gasteiger partial charge in [-0.25, -0.2) is 4.79 Å². The number of nitrogens with zero attached hydrogens (tertiary/aromatic N) is 1. The number of carbonyl (C=O) groups excluding carboxylic acids is 2. The van der Waals surface area contributed by atoms with Gasteiger partial charge in [0, 0.05) is 35.9 Å². The molecule has 3 aromatic rings. The molecule has 0 bridgehead atoms. The number of hydrogen-bond acceptors (Lipinski definition) is 6. The zero-order chi connectivity index (χ0) is 20.1. The lowest BCUT2D eigenvalue weighted by Gasteiger charge is -2.15. The van der Waals surface area contributed by atoms with Crippen LogP contribution in [0.15, 0.2) is 48.7 Å². The minimum Gasteiger partial charge on any atom is -0.497 e. The van der Waals surface area contributed by atoms with Crippen LogP contribution in [0.3, 0.4) is 0 Å². The minimum absolute atomic E-state index is 0.226. The van der Waals surface area contributed by atoms with E-state index in [4.69, 9.17) is 9.47 Å². The first-order valence-electron chi connectivity index (χ1n) is 8.80. The van der Waals surface area contributed by atoms with Gasteiger partial charge in [-0.05, 0) is 37.3 Å². The second-order valence-corrected chi connectivity index (χ2v) is 5.94. The summed E-state index contributed by atoms with van der Waals surface area (Å²) in [5.41, 5.74) is 2.63. The van der Waals surface area contributed by atoms with E-state index < -0.39 is 5.97 Å². The smallest absolute Gasteiger partial charge is 0.341 e. The summed E-state index contributed by atoms with van der Waals surface area (Å²) < 4.78 is 10.4. The van der Waals surface area contributed by atoms with Crippen molar-refractivity contribution in [2.75, 3.05) is 26.1 Å². The van der Waals surface area contributed by atoms with Crippen LogP contribution in [0, 0.1) is 0 Å². The number of anilines is 2. The Labute approximate surface area is 162 Å². The van der Waals surface area contributed by atoms with Gasteiger partial charge in [-0.2, -0.15) is 0 Å². The van der Waals surface area contributed by atoms with Gasteiger partial charge in [0.15, 0.2) is 0 Å². The third-order valence-corrected chi connectivity index (χ3v) is 4.19. The number of amides is 1. The number of aromatic nitrogens is 1. The number of methoxy groups -OCH3 is 1. The van der Waals surface area contributed by atoms with Crippen LogP contribution in [-0.4, -0.2) is 37.6 Å². The Bertz CT molecular complexity index is 1030. The maximum absolute atomic E-state index is 12.5. The van der Waals surface area contributed by atoms with Crippen molar-refractivity contribution in [1.29, 1.82) is 0 Å². The molecule has 1 heterocycles. The third kappa shape index (κ3) is 3.88. The van der Waals surface area contributed by atoms with E-state index in [-0.39, 0.29) is 18.1 Å². The number of rotatable bonds is 6. The van der Waals surface area contributed by atoms with Gasteiger partial charge in [-0.15, -0.1) is 0 Å². The van der Waals surface area contributed by atoms with Crippen molar-refractivity contribution in [3.63, 3.8) is 0 Å². The Hall–Kier alpha value is -3.61. The predicted molar refractivity (Wildman–Crippen MR) is 107 cm³/mol. The van der Waals surface area contributed by atoms with E-state index in [1.165, 1.54) is 6.20 Å². The molecule has 0 saturated carbocycles. The highest BCUT2D eigenvalue weighted by atomic mass is 16.5. The highest BCUT2D eigenvalue weighted by molar-refractivity contribution is 6.08. The molecule has 0 aliphatic carbocycles. The second kappa shape index (κ2) is 8.39.